The molecule has 5 nitrogen and oxygen atoms in total. The van der Waals surface area contributed by atoms with Crippen molar-refractivity contribution in [2.24, 2.45) is 11.8 Å². The predicted molar refractivity (Wildman–Crippen MR) is 81.8 cm³/mol. The minimum atomic E-state index is -4.46. The van der Waals surface area contributed by atoms with Crippen molar-refractivity contribution in [1.82, 2.24) is 20.5 Å². The number of hydrogen-bond donors (Lipinski definition) is 2. The van der Waals surface area contributed by atoms with Crippen molar-refractivity contribution in [3.63, 3.8) is 0 Å². The summed E-state index contributed by atoms with van der Waals surface area (Å²) >= 11 is 0. The third-order valence-electron chi connectivity index (χ3n) is 3.95. The molecule has 1 aromatic heterocycles. The Morgan fingerprint density at radius 2 is 1.96 bits per heavy atom. The maximum Gasteiger partial charge on any atom is 0.416 e. The lowest BCUT2D eigenvalue weighted by Crippen LogP contribution is -2.36. The number of halogens is 3. The van der Waals surface area contributed by atoms with Crippen LogP contribution in [-0.4, -0.2) is 21.1 Å². The first-order valence-corrected chi connectivity index (χ1v) is 7.53. The van der Waals surface area contributed by atoms with E-state index in [1.54, 1.807) is 6.92 Å². The molecule has 0 spiro atoms. The van der Waals surface area contributed by atoms with Crippen LogP contribution in [0.1, 0.15) is 43.8 Å². The van der Waals surface area contributed by atoms with E-state index in [1.165, 1.54) is 18.5 Å². The minimum Gasteiger partial charge on any atom is -0.342 e. The number of H-pyrrole nitrogens is 1. The molecule has 0 aliphatic heterocycles. The molecule has 24 heavy (non-hydrogen) atoms. The quantitative estimate of drug-likeness (QED) is 0.877. The lowest BCUT2D eigenvalue weighted by molar-refractivity contribution is -0.137. The van der Waals surface area contributed by atoms with Crippen LogP contribution in [0.5, 0.6) is 0 Å². The standard InChI is InChI=1S/C16H19F3N4O/c1-9(2)10(3)15(24)22-13(14-20-8-21-23-14)11-5-4-6-12(7-11)16(17,18)19/h4-10,13H,1-3H3,(H,22,24)(H,20,21,23)/t10-,13-/m1/s1. The van der Waals surface area contributed by atoms with Gasteiger partial charge < -0.3 is 5.32 Å². The molecule has 0 fully saturated rings. The van der Waals surface area contributed by atoms with E-state index in [2.05, 4.69) is 20.5 Å². The van der Waals surface area contributed by atoms with Gasteiger partial charge in [0.2, 0.25) is 5.91 Å². The highest BCUT2D eigenvalue weighted by molar-refractivity contribution is 5.79. The van der Waals surface area contributed by atoms with Crippen molar-refractivity contribution in [3.8, 4) is 0 Å². The molecular weight excluding hydrogens is 321 g/mol. The van der Waals surface area contributed by atoms with E-state index < -0.39 is 17.8 Å². The van der Waals surface area contributed by atoms with Crippen LogP contribution >= 0.6 is 0 Å². The highest BCUT2D eigenvalue weighted by Gasteiger charge is 2.32. The maximum atomic E-state index is 12.9. The van der Waals surface area contributed by atoms with Crippen LogP contribution in [0.15, 0.2) is 30.6 Å². The summed E-state index contributed by atoms with van der Waals surface area (Å²) in [7, 11) is 0. The van der Waals surface area contributed by atoms with Crippen molar-refractivity contribution >= 4 is 5.91 Å². The summed E-state index contributed by atoms with van der Waals surface area (Å²) in [5, 5.41) is 9.08. The molecule has 1 heterocycles. The Morgan fingerprint density at radius 1 is 1.25 bits per heavy atom. The van der Waals surface area contributed by atoms with Gasteiger partial charge in [0.25, 0.3) is 0 Å². The summed E-state index contributed by atoms with van der Waals surface area (Å²) in [6, 6.07) is 3.98. The first kappa shape index (κ1) is 18.0. The van der Waals surface area contributed by atoms with E-state index in [9.17, 15) is 18.0 Å². The summed E-state index contributed by atoms with van der Waals surface area (Å²) in [6.45, 7) is 5.57. The molecule has 1 aromatic carbocycles. The number of carbonyl (C=O) groups is 1. The van der Waals surface area contributed by atoms with Crippen molar-refractivity contribution in [1.29, 1.82) is 0 Å². The number of alkyl halides is 3. The fraction of sp³-hybridized carbons (Fsp3) is 0.438. The van der Waals surface area contributed by atoms with Crippen LogP contribution in [0.25, 0.3) is 0 Å². The molecule has 0 aliphatic carbocycles. The van der Waals surface area contributed by atoms with Gasteiger partial charge in [-0.15, -0.1) is 0 Å². The van der Waals surface area contributed by atoms with Crippen LogP contribution in [0.3, 0.4) is 0 Å². The molecule has 2 atom stereocenters. The zero-order valence-corrected chi connectivity index (χ0v) is 13.6. The number of aromatic amines is 1. The molecular formula is C16H19F3N4O. The fourth-order valence-electron chi connectivity index (χ4n) is 2.13. The summed E-state index contributed by atoms with van der Waals surface area (Å²) in [4.78, 5) is 16.3. The van der Waals surface area contributed by atoms with Crippen LogP contribution in [-0.2, 0) is 11.0 Å². The molecule has 0 saturated carbocycles. The molecule has 2 aromatic rings. The number of carbonyl (C=O) groups excluding carboxylic acids is 1. The molecule has 0 unspecified atom stereocenters. The molecule has 1 amide bonds. The third-order valence-corrected chi connectivity index (χ3v) is 3.95. The predicted octanol–water partition coefficient (Wildman–Crippen LogP) is 3.32. The molecule has 0 aliphatic rings. The third kappa shape index (κ3) is 4.12. The van der Waals surface area contributed by atoms with E-state index in [4.69, 9.17) is 0 Å². The van der Waals surface area contributed by atoms with E-state index in [-0.39, 0.29) is 29.1 Å². The Labute approximate surface area is 137 Å². The highest BCUT2D eigenvalue weighted by atomic mass is 19.4. The van der Waals surface area contributed by atoms with Crippen LogP contribution < -0.4 is 5.32 Å². The van der Waals surface area contributed by atoms with Gasteiger partial charge in [-0.2, -0.15) is 18.3 Å². The number of rotatable bonds is 5. The van der Waals surface area contributed by atoms with Crippen molar-refractivity contribution in [2.45, 2.75) is 33.0 Å². The zero-order chi connectivity index (χ0) is 17.9. The Kier molecular flexibility index (Phi) is 5.26. The van der Waals surface area contributed by atoms with Crippen LogP contribution in [0.2, 0.25) is 0 Å². The van der Waals surface area contributed by atoms with Crippen LogP contribution in [0.4, 0.5) is 13.2 Å². The lowest BCUT2D eigenvalue weighted by Gasteiger charge is -2.22. The second-order valence-electron chi connectivity index (χ2n) is 5.97. The Bertz CT molecular complexity index is 683. The number of nitrogens with zero attached hydrogens (tertiary/aromatic N) is 2. The van der Waals surface area contributed by atoms with Gasteiger partial charge in [0.05, 0.1) is 5.56 Å². The van der Waals surface area contributed by atoms with Gasteiger partial charge in [-0.25, -0.2) is 4.98 Å². The summed E-state index contributed by atoms with van der Waals surface area (Å²) in [5.41, 5.74) is -0.499. The van der Waals surface area contributed by atoms with Gasteiger partial charge in [0.1, 0.15) is 12.4 Å². The van der Waals surface area contributed by atoms with Gasteiger partial charge in [0, 0.05) is 5.92 Å². The lowest BCUT2D eigenvalue weighted by atomic mass is 9.96. The van der Waals surface area contributed by atoms with Gasteiger partial charge in [-0.05, 0) is 23.6 Å². The summed E-state index contributed by atoms with van der Waals surface area (Å²) in [5.74, 6) is -0.175. The van der Waals surface area contributed by atoms with Gasteiger partial charge in [0.15, 0.2) is 5.82 Å². The number of nitrogens with one attached hydrogen (secondary N) is 2. The normalized spacial score (nSPS) is 14.5. The maximum absolute atomic E-state index is 12.9. The zero-order valence-electron chi connectivity index (χ0n) is 13.6. The Balaban J connectivity index is 2.36. The van der Waals surface area contributed by atoms with Gasteiger partial charge in [-0.1, -0.05) is 32.9 Å². The molecule has 130 valence electrons. The monoisotopic (exact) mass is 340 g/mol. The average molecular weight is 340 g/mol. The van der Waals surface area contributed by atoms with E-state index in [1.807, 2.05) is 13.8 Å². The van der Waals surface area contributed by atoms with Crippen LogP contribution in [0, 0.1) is 11.8 Å². The number of aromatic nitrogens is 3. The molecule has 0 radical (unpaired) electrons. The minimum absolute atomic E-state index is 0.0990. The van der Waals surface area contributed by atoms with Crippen molar-refractivity contribution in [3.05, 3.63) is 47.5 Å². The average Bonchev–Trinajstić information content (AvgIpc) is 3.04. The van der Waals surface area contributed by atoms with Crippen molar-refractivity contribution in [2.75, 3.05) is 0 Å². The SMILES string of the molecule is CC(C)[C@@H](C)C(=O)N[C@H](c1cccc(C(F)(F)F)c1)c1ncn[nH]1. The second-order valence-corrected chi connectivity index (χ2v) is 5.97. The van der Waals surface area contributed by atoms with Gasteiger partial charge >= 0.3 is 6.18 Å². The topological polar surface area (TPSA) is 70.7 Å². The summed E-state index contributed by atoms with van der Waals surface area (Å²) in [6.07, 6.45) is -3.22. The van der Waals surface area contributed by atoms with Gasteiger partial charge in [-0.3, -0.25) is 9.89 Å². The first-order valence-electron chi connectivity index (χ1n) is 7.53. The molecule has 0 saturated heterocycles. The Morgan fingerprint density at radius 3 is 2.50 bits per heavy atom. The van der Waals surface area contributed by atoms with E-state index in [0.717, 1.165) is 12.1 Å². The molecule has 2 rings (SSSR count). The first-order chi connectivity index (χ1) is 11.2. The Hall–Kier alpha value is -2.38. The summed E-state index contributed by atoms with van der Waals surface area (Å²) < 4.78 is 38.8. The highest BCUT2D eigenvalue weighted by Crippen LogP contribution is 2.31. The largest absolute Gasteiger partial charge is 0.416 e. The smallest absolute Gasteiger partial charge is 0.342 e. The number of hydrogen-bond acceptors (Lipinski definition) is 3. The van der Waals surface area contributed by atoms with E-state index in [0.29, 0.717) is 0 Å². The number of benzene rings is 1. The second kappa shape index (κ2) is 7.02. The van der Waals surface area contributed by atoms with Crippen molar-refractivity contribution < 1.29 is 18.0 Å². The molecule has 8 heteroatoms. The molecule has 2 N–H and O–H groups in total. The molecule has 0 bridgehead atoms. The fourth-order valence-corrected chi connectivity index (χ4v) is 2.13. The number of amides is 1. The van der Waals surface area contributed by atoms with E-state index >= 15 is 0 Å².